The van der Waals surface area contributed by atoms with Gasteiger partial charge in [-0.1, -0.05) is 84.9 Å². The summed E-state index contributed by atoms with van der Waals surface area (Å²) in [6.45, 7) is 4.17. The van der Waals surface area contributed by atoms with Gasteiger partial charge in [0.1, 0.15) is 11.0 Å². The van der Waals surface area contributed by atoms with Crippen LogP contribution < -0.4 is 11.1 Å². The van der Waals surface area contributed by atoms with Crippen LogP contribution >= 0.6 is 0 Å². The summed E-state index contributed by atoms with van der Waals surface area (Å²) < 4.78 is 5.16. The van der Waals surface area contributed by atoms with E-state index in [1.54, 1.807) is 0 Å². The third-order valence-corrected chi connectivity index (χ3v) is 8.23. The van der Waals surface area contributed by atoms with Crippen molar-refractivity contribution in [1.82, 2.24) is 13.6 Å². The van der Waals surface area contributed by atoms with Gasteiger partial charge < -0.3 is 4.57 Å². The topological polar surface area (TPSA) is 47.9 Å². The largest absolute Gasteiger partial charge is 0.302 e. The molecule has 0 N–H and O–H groups in total. The standard InChI is InChI=1S/C36H25N3O2/c1-22-19-27(25-13-7-4-8-14-25)20-23(2)32(22)37-30-16-10-9-15-28(30)33-34(37)36(41)39-35(40)29-21-26(17-18-31(29)38(33)39)24-11-5-3-6-12-24/h3-21H,1-2H3. The number of benzene rings is 5. The molecule has 0 aliphatic carbocycles. The van der Waals surface area contributed by atoms with Crippen molar-refractivity contribution in [1.29, 1.82) is 0 Å². The number of aromatic nitrogens is 3. The molecule has 8 aromatic rings. The van der Waals surface area contributed by atoms with Crippen molar-refractivity contribution in [2.75, 3.05) is 0 Å². The van der Waals surface area contributed by atoms with E-state index in [0.29, 0.717) is 10.9 Å². The average Bonchev–Trinajstić information content (AvgIpc) is 3.60. The molecule has 0 fully saturated rings. The Balaban J connectivity index is 1.47. The van der Waals surface area contributed by atoms with Crippen LogP contribution in [0.3, 0.4) is 0 Å². The van der Waals surface area contributed by atoms with E-state index in [1.165, 1.54) is 4.52 Å². The van der Waals surface area contributed by atoms with E-state index in [2.05, 4.69) is 42.7 Å². The second-order valence-corrected chi connectivity index (χ2v) is 10.7. The molecule has 0 unspecified atom stereocenters. The van der Waals surface area contributed by atoms with E-state index in [1.807, 2.05) is 95.5 Å². The number of nitrogens with zero attached hydrogens (tertiary/aromatic N) is 3. The maximum atomic E-state index is 14.2. The van der Waals surface area contributed by atoms with Gasteiger partial charge in [0.2, 0.25) is 0 Å². The second kappa shape index (κ2) is 8.54. The highest BCUT2D eigenvalue weighted by Crippen LogP contribution is 2.36. The molecule has 0 saturated carbocycles. The summed E-state index contributed by atoms with van der Waals surface area (Å²) >= 11 is 0. The number of aryl methyl sites for hydroxylation is 2. The van der Waals surface area contributed by atoms with Gasteiger partial charge in [-0.2, -0.15) is 4.52 Å². The van der Waals surface area contributed by atoms with Crippen LogP contribution in [0.4, 0.5) is 0 Å². The first kappa shape index (κ1) is 23.5. The first-order valence-electron chi connectivity index (χ1n) is 13.7. The highest BCUT2D eigenvalue weighted by Gasteiger charge is 2.26. The molecule has 0 radical (unpaired) electrons. The summed E-state index contributed by atoms with van der Waals surface area (Å²) in [6, 6.07) is 38.5. The summed E-state index contributed by atoms with van der Waals surface area (Å²) in [5.74, 6) is 0. The number of fused-ring (bicyclic) bond motifs is 7. The predicted octanol–water partition coefficient (Wildman–Crippen LogP) is 7.40. The lowest BCUT2D eigenvalue weighted by Crippen LogP contribution is -2.23. The fourth-order valence-electron chi connectivity index (χ4n) is 6.49. The molecular weight excluding hydrogens is 506 g/mol. The van der Waals surface area contributed by atoms with Crippen molar-refractivity contribution >= 4 is 32.8 Å². The minimum Gasteiger partial charge on any atom is -0.302 e. The van der Waals surface area contributed by atoms with Gasteiger partial charge in [0.15, 0.2) is 0 Å². The fourth-order valence-corrected chi connectivity index (χ4v) is 6.49. The van der Waals surface area contributed by atoms with Gasteiger partial charge >= 0.3 is 0 Å². The Morgan fingerprint density at radius 2 is 1.07 bits per heavy atom. The monoisotopic (exact) mass is 531 g/mol. The molecule has 3 heterocycles. The molecule has 0 saturated heterocycles. The lowest BCUT2D eigenvalue weighted by atomic mass is 9.98. The Bertz CT molecular complexity index is 2390. The molecular formula is C36H25N3O2. The minimum absolute atomic E-state index is 0.303. The lowest BCUT2D eigenvalue weighted by Gasteiger charge is -2.16. The van der Waals surface area contributed by atoms with Crippen molar-refractivity contribution < 1.29 is 0 Å². The Hall–Kier alpha value is -5.42. The molecule has 41 heavy (non-hydrogen) atoms. The first-order chi connectivity index (χ1) is 20.0. The van der Waals surface area contributed by atoms with Crippen molar-refractivity contribution in [2.45, 2.75) is 13.8 Å². The normalized spacial score (nSPS) is 11.9. The molecule has 0 bridgehead atoms. The van der Waals surface area contributed by atoms with Crippen LogP contribution in [0.1, 0.15) is 11.1 Å². The zero-order valence-corrected chi connectivity index (χ0v) is 22.6. The summed E-state index contributed by atoms with van der Waals surface area (Å²) in [7, 11) is 0. The molecule has 0 aliphatic rings. The van der Waals surface area contributed by atoms with Crippen LogP contribution in [-0.2, 0) is 0 Å². The maximum absolute atomic E-state index is 14.2. The molecule has 196 valence electrons. The van der Waals surface area contributed by atoms with E-state index in [0.717, 1.165) is 61.0 Å². The smallest absolute Gasteiger partial charge is 0.299 e. The van der Waals surface area contributed by atoms with Crippen LogP contribution in [0.25, 0.3) is 60.8 Å². The van der Waals surface area contributed by atoms with Crippen LogP contribution in [0.2, 0.25) is 0 Å². The Morgan fingerprint density at radius 3 is 1.76 bits per heavy atom. The van der Waals surface area contributed by atoms with Gasteiger partial charge in [0.25, 0.3) is 11.1 Å². The molecule has 5 aromatic carbocycles. The van der Waals surface area contributed by atoms with Crippen molar-refractivity contribution in [2.24, 2.45) is 0 Å². The summed E-state index contributed by atoms with van der Waals surface area (Å²) in [5, 5.41) is 1.46. The SMILES string of the molecule is Cc1cc(-c2ccccc2)cc(C)c1-n1c2ccccc2c2c1c(=O)n1c(=O)c3cc(-c4ccccc4)ccc3n21. The summed E-state index contributed by atoms with van der Waals surface area (Å²) in [5.41, 5.74) is 9.62. The van der Waals surface area contributed by atoms with Gasteiger partial charge in [0, 0.05) is 5.39 Å². The zero-order valence-electron chi connectivity index (χ0n) is 22.6. The number of para-hydroxylation sites is 1. The number of hydrogen-bond donors (Lipinski definition) is 0. The van der Waals surface area contributed by atoms with E-state index in [-0.39, 0.29) is 11.1 Å². The molecule has 0 amide bonds. The van der Waals surface area contributed by atoms with Crippen molar-refractivity contribution in [3.05, 3.63) is 147 Å². The predicted molar refractivity (Wildman–Crippen MR) is 167 cm³/mol. The molecule has 5 nitrogen and oxygen atoms in total. The van der Waals surface area contributed by atoms with E-state index in [9.17, 15) is 9.59 Å². The van der Waals surface area contributed by atoms with Crippen LogP contribution in [0.5, 0.6) is 0 Å². The van der Waals surface area contributed by atoms with E-state index >= 15 is 0 Å². The van der Waals surface area contributed by atoms with Gasteiger partial charge in [-0.3, -0.25) is 9.59 Å². The average molecular weight is 532 g/mol. The Kier molecular flexibility index (Phi) is 4.89. The number of rotatable bonds is 3. The molecule has 0 atom stereocenters. The van der Waals surface area contributed by atoms with Crippen molar-refractivity contribution in [3.63, 3.8) is 0 Å². The maximum Gasteiger partial charge on any atom is 0.299 e. The third kappa shape index (κ3) is 3.23. The molecule has 8 rings (SSSR count). The lowest BCUT2D eigenvalue weighted by molar-refractivity contribution is 0.840. The zero-order chi connectivity index (χ0) is 27.8. The quantitative estimate of drug-likeness (QED) is 0.239. The van der Waals surface area contributed by atoms with E-state index in [4.69, 9.17) is 0 Å². The van der Waals surface area contributed by atoms with Gasteiger partial charge in [-0.15, -0.1) is 0 Å². The highest BCUT2D eigenvalue weighted by atomic mass is 16.2. The molecule has 3 aromatic heterocycles. The van der Waals surface area contributed by atoms with Crippen LogP contribution in [0.15, 0.2) is 125 Å². The van der Waals surface area contributed by atoms with Crippen LogP contribution in [0, 0.1) is 13.8 Å². The first-order valence-corrected chi connectivity index (χ1v) is 13.7. The van der Waals surface area contributed by atoms with E-state index < -0.39 is 0 Å². The minimum atomic E-state index is -0.315. The van der Waals surface area contributed by atoms with Gasteiger partial charge in [-0.25, -0.2) is 4.52 Å². The molecule has 0 aliphatic heterocycles. The molecule has 5 heteroatoms. The van der Waals surface area contributed by atoms with Gasteiger partial charge in [-0.05, 0) is 77.6 Å². The highest BCUT2D eigenvalue weighted by molar-refractivity contribution is 6.09. The Labute approximate surface area is 235 Å². The summed E-state index contributed by atoms with van der Waals surface area (Å²) in [4.78, 5) is 28.0. The summed E-state index contributed by atoms with van der Waals surface area (Å²) in [6.07, 6.45) is 0. The van der Waals surface area contributed by atoms with Crippen LogP contribution in [-0.4, -0.2) is 13.6 Å². The third-order valence-electron chi connectivity index (χ3n) is 8.23. The van der Waals surface area contributed by atoms with Crippen molar-refractivity contribution in [3.8, 4) is 27.9 Å². The molecule has 0 spiro atoms. The van der Waals surface area contributed by atoms with Gasteiger partial charge in [0.05, 0.1) is 22.1 Å². The second-order valence-electron chi connectivity index (χ2n) is 10.7. The Morgan fingerprint density at radius 1 is 0.463 bits per heavy atom. The number of hydrogen-bond acceptors (Lipinski definition) is 2. The fraction of sp³-hybridized carbons (Fsp3) is 0.0556.